The predicted molar refractivity (Wildman–Crippen MR) is 152 cm³/mol. The molecule has 0 bridgehead atoms. The van der Waals surface area contributed by atoms with Crippen LogP contribution in [-0.2, 0) is 9.13 Å². The fourth-order valence-corrected chi connectivity index (χ4v) is 8.67. The molecule has 14 heteroatoms. The molecule has 4 rings (SSSR count). The van der Waals surface area contributed by atoms with Gasteiger partial charge in [0.05, 0.1) is 6.10 Å². The van der Waals surface area contributed by atoms with Gasteiger partial charge in [-0.2, -0.15) is 15.6 Å². The number of fused-ring (bicyclic) bond motifs is 5. The second-order valence-electron chi connectivity index (χ2n) is 13.1. The molecule has 224 valence electrons. The smallest absolute Gasteiger partial charge is 0.822 e. The Bertz CT molecular complexity index is 876. The summed E-state index contributed by atoms with van der Waals surface area (Å²) < 4.78 is 17.1. The number of aliphatic hydroxyl groups is 1. The van der Waals surface area contributed by atoms with E-state index < -0.39 is 15.6 Å². The summed E-state index contributed by atoms with van der Waals surface area (Å²) in [5.41, 5.74) is 2.60. The van der Waals surface area contributed by atoms with E-state index in [4.69, 9.17) is 38.5 Å². The summed E-state index contributed by atoms with van der Waals surface area (Å²) in [4.78, 5) is 51.3. The van der Waals surface area contributed by atoms with Crippen molar-refractivity contribution >= 4 is 129 Å². The molecule has 0 aromatic carbocycles. The largest absolute Gasteiger partial charge is 2.00 e. The molecule has 3 saturated carbocycles. The average Bonchev–Trinajstić information content (AvgIpc) is 3.09. The molecule has 41 heavy (non-hydrogen) atoms. The van der Waals surface area contributed by atoms with E-state index in [1.165, 1.54) is 57.8 Å². The molecule has 1 unspecified atom stereocenters. The van der Waals surface area contributed by atoms with Gasteiger partial charge < -0.3 is 43.6 Å². The first-order chi connectivity index (χ1) is 17.3. The second kappa shape index (κ2) is 19.6. The number of phosphoric acid groups is 2. The van der Waals surface area contributed by atoms with E-state index >= 15 is 0 Å². The van der Waals surface area contributed by atoms with Crippen molar-refractivity contribution in [2.75, 3.05) is 0 Å². The molecular formula is C27H46Ca3O9P2. The summed E-state index contributed by atoms with van der Waals surface area (Å²) in [6.07, 6.45) is 17.2. The topological polar surface area (TPSA) is 193 Å². The first-order valence-corrected chi connectivity index (χ1v) is 17.0. The molecule has 0 radical (unpaired) electrons. The van der Waals surface area contributed by atoms with Crippen LogP contribution < -0.4 is 29.4 Å². The Morgan fingerprint density at radius 2 is 1.39 bits per heavy atom. The average molecular weight is 697 g/mol. The van der Waals surface area contributed by atoms with Crippen LogP contribution in [0.15, 0.2) is 11.6 Å². The summed E-state index contributed by atoms with van der Waals surface area (Å²) in [7, 11) is -10.8. The summed E-state index contributed by atoms with van der Waals surface area (Å²) in [6, 6.07) is 0. The van der Waals surface area contributed by atoms with Gasteiger partial charge in [0.15, 0.2) is 0 Å². The van der Waals surface area contributed by atoms with E-state index in [1.807, 2.05) is 0 Å². The first kappa shape index (κ1) is 46.8. The summed E-state index contributed by atoms with van der Waals surface area (Å²) in [5.74, 6) is 5.46. The fraction of sp³-hybridized carbons (Fsp3) is 0.926. The van der Waals surface area contributed by atoms with E-state index in [9.17, 15) is 5.11 Å². The van der Waals surface area contributed by atoms with Crippen LogP contribution >= 0.6 is 15.6 Å². The molecule has 4 aliphatic rings. The van der Waals surface area contributed by atoms with Crippen LogP contribution in [0.4, 0.5) is 0 Å². The van der Waals surface area contributed by atoms with Crippen molar-refractivity contribution in [3.8, 4) is 0 Å². The van der Waals surface area contributed by atoms with Crippen LogP contribution in [0, 0.1) is 46.3 Å². The Labute approximate surface area is 337 Å². The van der Waals surface area contributed by atoms with Gasteiger partial charge in [0.25, 0.3) is 0 Å². The number of allylic oxidation sites excluding steroid dienone is 1. The molecule has 0 aromatic rings. The maximum atomic E-state index is 10.2. The maximum absolute atomic E-state index is 10.2. The Morgan fingerprint density at radius 3 is 1.90 bits per heavy atom. The zero-order valence-corrected chi connectivity index (χ0v) is 34.0. The van der Waals surface area contributed by atoms with E-state index in [-0.39, 0.29) is 119 Å². The molecule has 0 saturated heterocycles. The van der Waals surface area contributed by atoms with Crippen molar-refractivity contribution in [2.24, 2.45) is 46.3 Å². The van der Waals surface area contributed by atoms with Crippen LogP contribution in [0.3, 0.4) is 0 Å². The van der Waals surface area contributed by atoms with Crippen molar-refractivity contribution < 1.29 is 43.6 Å². The normalized spacial score (nSPS) is 34.7. The summed E-state index contributed by atoms with van der Waals surface area (Å²) >= 11 is 0. The van der Waals surface area contributed by atoms with Crippen LogP contribution in [0.1, 0.15) is 105 Å². The molecule has 1 N–H and O–H groups in total. The van der Waals surface area contributed by atoms with E-state index in [1.54, 1.807) is 5.57 Å². The molecule has 0 spiro atoms. The molecule has 0 heterocycles. The molecular weight excluding hydrogens is 650 g/mol. The molecule has 4 aliphatic carbocycles. The number of aliphatic hydroxyl groups excluding tert-OH is 1. The SMILES string of the molecule is CC(C)CCCC(C)[C@H]1CC[C@H]2[C@@H]3CC=C4C[C@@H](O)CC[C@]4(C)[C@H]3CC[C@]12C.O=P([O-])([O-])[O-].O=P([O-])([O-])[O-].[Ca+2].[Ca+2].[Ca+2]. The molecule has 9 nitrogen and oxygen atoms in total. The van der Waals surface area contributed by atoms with Gasteiger partial charge in [-0.25, -0.2) is 0 Å². The van der Waals surface area contributed by atoms with Gasteiger partial charge in [-0.05, 0) is 97.7 Å². The van der Waals surface area contributed by atoms with Gasteiger partial charge in [-0.3, -0.25) is 0 Å². The Hall–Kier alpha value is 3.70. The van der Waals surface area contributed by atoms with Gasteiger partial charge in [-0.15, -0.1) is 0 Å². The maximum Gasteiger partial charge on any atom is 2.00 e. The molecule has 0 amide bonds. The minimum atomic E-state index is -5.39. The van der Waals surface area contributed by atoms with Gasteiger partial charge in [0.1, 0.15) is 0 Å². The van der Waals surface area contributed by atoms with Gasteiger partial charge >= 0.3 is 113 Å². The number of rotatable bonds is 5. The minimum absolute atomic E-state index is 0. The quantitative estimate of drug-likeness (QED) is 0.243. The van der Waals surface area contributed by atoms with Crippen molar-refractivity contribution in [3.05, 3.63) is 11.6 Å². The first-order valence-electron chi connectivity index (χ1n) is 14.1. The zero-order valence-electron chi connectivity index (χ0n) is 25.6. The minimum Gasteiger partial charge on any atom is -0.822 e. The number of hydrogen-bond donors (Lipinski definition) is 1. The predicted octanol–water partition coefficient (Wildman–Crippen LogP) is 0.597. The van der Waals surface area contributed by atoms with Crippen molar-refractivity contribution in [3.63, 3.8) is 0 Å². The van der Waals surface area contributed by atoms with Crippen LogP contribution in [0.25, 0.3) is 0 Å². The molecule has 0 aromatic heterocycles. The molecule has 3 fully saturated rings. The molecule has 8 atom stereocenters. The standard InChI is InChI=1S/C27H46O.3Ca.2H3O4P/c1-18(2)7-6-8-19(3)23-11-12-24-22-10-9-20-17-21(28)13-15-26(20,4)25(22)14-16-27(23,24)5;;;;2*1-5(2,3)4/h9,18-19,21-25,28H,6-8,10-17H2,1-5H3;;;;2*(H3,1,2,3,4)/q;3*+2;;/p-6/t19?,21-,22-,23+,24-,25-,26-,27+;;;;;/m0...../s1. The van der Waals surface area contributed by atoms with E-state index in [0.29, 0.717) is 10.8 Å². The Morgan fingerprint density at radius 1 is 0.854 bits per heavy atom. The van der Waals surface area contributed by atoms with Gasteiger partial charge in [0.2, 0.25) is 0 Å². The second-order valence-corrected chi connectivity index (χ2v) is 14.9. The van der Waals surface area contributed by atoms with E-state index in [2.05, 4.69) is 40.7 Å². The fourth-order valence-electron chi connectivity index (χ4n) is 8.67. The third kappa shape index (κ3) is 14.8. The molecule has 0 aliphatic heterocycles. The Kier molecular flexibility index (Phi) is 22.4. The van der Waals surface area contributed by atoms with Gasteiger partial charge in [-0.1, -0.05) is 65.5 Å². The van der Waals surface area contributed by atoms with Crippen molar-refractivity contribution in [2.45, 2.75) is 111 Å². The zero-order chi connectivity index (χ0) is 29.1. The van der Waals surface area contributed by atoms with Crippen LogP contribution in [0.2, 0.25) is 0 Å². The summed E-state index contributed by atoms with van der Waals surface area (Å²) in [6.45, 7) is 12.6. The van der Waals surface area contributed by atoms with E-state index in [0.717, 1.165) is 48.3 Å². The van der Waals surface area contributed by atoms with Crippen molar-refractivity contribution in [1.82, 2.24) is 0 Å². The summed E-state index contributed by atoms with van der Waals surface area (Å²) in [5, 5.41) is 10.2. The van der Waals surface area contributed by atoms with Gasteiger partial charge in [0, 0.05) is 0 Å². The Balaban J connectivity index is 0. The van der Waals surface area contributed by atoms with Crippen LogP contribution in [0.5, 0.6) is 0 Å². The van der Waals surface area contributed by atoms with Crippen molar-refractivity contribution in [1.29, 1.82) is 0 Å². The number of hydrogen-bond acceptors (Lipinski definition) is 9. The third-order valence-electron chi connectivity index (χ3n) is 10.3. The third-order valence-corrected chi connectivity index (χ3v) is 10.3. The van der Waals surface area contributed by atoms with Crippen LogP contribution in [-0.4, -0.2) is 124 Å². The monoisotopic (exact) mass is 696 g/mol.